The summed E-state index contributed by atoms with van der Waals surface area (Å²) in [5, 5.41) is 12.7. The van der Waals surface area contributed by atoms with Gasteiger partial charge in [0, 0.05) is 18.8 Å². The van der Waals surface area contributed by atoms with E-state index in [1.165, 1.54) is 0 Å². The molecule has 1 atom stereocenters. The van der Waals surface area contributed by atoms with Crippen LogP contribution in [0.5, 0.6) is 5.75 Å². The number of nitrogens with one attached hydrogen (secondary N) is 1. The maximum Gasteiger partial charge on any atom is 0.268 e. The Morgan fingerprint density at radius 3 is 2.96 bits per heavy atom. The molecule has 1 heterocycles. The Bertz CT molecular complexity index is 676. The van der Waals surface area contributed by atoms with Gasteiger partial charge in [0.25, 0.3) is 5.91 Å². The standard InChI is InChI=1S/C18H22N2O3/c1-13-4-2-5-16(10-13)23-12-15(21)11-19-18(22)17-6-3-9-20(17)14-7-8-14/h2-6,9-10,14-15,21H,7-8,11-12H2,1H3,(H,19,22). The van der Waals surface area contributed by atoms with E-state index >= 15 is 0 Å². The lowest BCUT2D eigenvalue weighted by Crippen LogP contribution is -2.36. The van der Waals surface area contributed by atoms with Crippen LogP contribution in [-0.4, -0.2) is 34.8 Å². The minimum Gasteiger partial charge on any atom is -0.491 e. The SMILES string of the molecule is Cc1cccc(OCC(O)CNC(=O)c2cccn2C2CC2)c1. The van der Waals surface area contributed by atoms with Gasteiger partial charge >= 0.3 is 0 Å². The highest BCUT2D eigenvalue weighted by Crippen LogP contribution is 2.35. The van der Waals surface area contributed by atoms with Gasteiger partial charge in [-0.15, -0.1) is 0 Å². The van der Waals surface area contributed by atoms with Crippen LogP contribution in [-0.2, 0) is 0 Å². The Hall–Kier alpha value is -2.27. The van der Waals surface area contributed by atoms with Crippen LogP contribution in [0.25, 0.3) is 0 Å². The zero-order chi connectivity index (χ0) is 16.2. The molecule has 5 nitrogen and oxygen atoms in total. The Kier molecular flexibility index (Phi) is 4.67. The molecule has 0 saturated heterocycles. The smallest absolute Gasteiger partial charge is 0.268 e. The van der Waals surface area contributed by atoms with Gasteiger partial charge in [0.05, 0.1) is 0 Å². The van der Waals surface area contributed by atoms with E-state index in [0.717, 1.165) is 24.2 Å². The number of aliphatic hydroxyl groups excluding tert-OH is 1. The predicted octanol–water partition coefficient (Wildman–Crippen LogP) is 2.30. The lowest BCUT2D eigenvalue weighted by molar-refractivity contribution is 0.0836. The maximum absolute atomic E-state index is 12.2. The molecule has 1 amide bonds. The van der Waals surface area contributed by atoms with Crippen LogP contribution in [0.2, 0.25) is 0 Å². The summed E-state index contributed by atoms with van der Waals surface area (Å²) in [7, 11) is 0. The topological polar surface area (TPSA) is 63.5 Å². The largest absolute Gasteiger partial charge is 0.491 e. The van der Waals surface area contributed by atoms with Crippen molar-refractivity contribution in [1.29, 1.82) is 0 Å². The quantitative estimate of drug-likeness (QED) is 0.824. The third-order valence-electron chi connectivity index (χ3n) is 3.88. The van der Waals surface area contributed by atoms with Gasteiger partial charge in [-0.1, -0.05) is 12.1 Å². The van der Waals surface area contributed by atoms with Crippen molar-refractivity contribution < 1.29 is 14.6 Å². The van der Waals surface area contributed by atoms with Crippen LogP contribution in [0.1, 0.15) is 34.9 Å². The third-order valence-corrected chi connectivity index (χ3v) is 3.88. The van der Waals surface area contributed by atoms with E-state index in [-0.39, 0.29) is 19.1 Å². The van der Waals surface area contributed by atoms with Gasteiger partial charge in [-0.25, -0.2) is 0 Å². The highest BCUT2D eigenvalue weighted by atomic mass is 16.5. The van der Waals surface area contributed by atoms with Gasteiger partial charge in [-0.2, -0.15) is 0 Å². The molecule has 23 heavy (non-hydrogen) atoms. The van der Waals surface area contributed by atoms with Gasteiger partial charge in [-0.3, -0.25) is 4.79 Å². The van der Waals surface area contributed by atoms with Crippen LogP contribution >= 0.6 is 0 Å². The molecule has 1 unspecified atom stereocenters. The number of carbonyl (C=O) groups is 1. The van der Waals surface area contributed by atoms with E-state index in [0.29, 0.717) is 11.7 Å². The minimum absolute atomic E-state index is 0.146. The highest BCUT2D eigenvalue weighted by molar-refractivity contribution is 5.92. The molecular weight excluding hydrogens is 292 g/mol. The highest BCUT2D eigenvalue weighted by Gasteiger charge is 2.26. The molecule has 122 valence electrons. The average Bonchev–Trinajstić information content (AvgIpc) is 3.27. The molecule has 2 aromatic rings. The predicted molar refractivity (Wildman–Crippen MR) is 87.7 cm³/mol. The second-order valence-corrected chi connectivity index (χ2v) is 6.02. The van der Waals surface area contributed by atoms with Crippen molar-refractivity contribution >= 4 is 5.91 Å². The van der Waals surface area contributed by atoms with Gasteiger partial charge in [0.2, 0.25) is 0 Å². The number of hydrogen-bond donors (Lipinski definition) is 2. The number of aromatic nitrogens is 1. The molecule has 0 bridgehead atoms. The minimum atomic E-state index is -0.746. The molecule has 1 saturated carbocycles. The Morgan fingerprint density at radius 1 is 1.39 bits per heavy atom. The fourth-order valence-electron chi connectivity index (χ4n) is 2.51. The van der Waals surface area contributed by atoms with Crippen molar-refractivity contribution in [1.82, 2.24) is 9.88 Å². The maximum atomic E-state index is 12.2. The number of rotatable bonds is 7. The monoisotopic (exact) mass is 314 g/mol. The molecule has 0 aliphatic heterocycles. The lowest BCUT2D eigenvalue weighted by atomic mass is 10.2. The van der Waals surface area contributed by atoms with Crippen LogP contribution < -0.4 is 10.1 Å². The Labute approximate surface area is 135 Å². The van der Waals surface area contributed by atoms with Crippen molar-refractivity contribution in [2.75, 3.05) is 13.2 Å². The molecule has 0 spiro atoms. The average molecular weight is 314 g/mol. The molecule has 1 fully saturated rings. The second-order valence-electron chi connectivity index (χ2n) is 6.02. The van der Waals surface area contributed by atoms with Crippen molar-refractivity contribution in [3.05, 3.63) is 53.9 Å². The summed E-state index contributed by atoms with van der Waals surface area (Å²) in [4.78, 5) is 12.2. The fourth-order valence-corrected chi connectivity index (χ4v) is 2.51. The third kappa shape index (κ3) is 4.13. The summed E-state index contributed by atoms with van der Waals surface area (Å²) in [6.07, 6.45) is 3.44. The molecule has 2 N–H and O–H groups in total. The van der Waals surface area contributed by atoms with Gasteiger partial charge in [-0.05, 0) is 49.6 Å². The zero-order valence-corrected chi connectivity index (χ0v) is 13.2. The summed E-state index contributed by atoms with van der Waals surface area (Å²) < 4.78 is 7.54. The molecule has 1 aromatic carbocycles. The second kappa shape index (κ2) is 6.87. The molecular formula is C18H22N2O3. The van der Waals surface area contributed by atoms with Crippen LogP contribution in [0.3, 0.4) is 0 Å². The van der Waals surface area contributed by atoms with Gasteiger partial charge in [0.1, 0.15) is 24.2 Å². The van der Waals surface area contributed by atoms with Crippen molar-refractivity contribution in [3.63, 3.8) is 0 Å². The molecule has 0 radical (unpaired) electrons. The summed E-state index contributed by atoms with van der Waals surface area (Å²) in [5.41, 5.74) is 1.76. The lowest BCUT2D eigenvalue weighted by Gasteiger charge is -2.14. The van der Waals surface area contributed by atoms with E-state index in [9.17, 15) is 9.90 Å². The number of ether oxygens (including phenoxy) is 1. The van der Waals surface area contributed by atoms with Crippen molar-refractivity contribution in [2.24, 2.45) is 0 Å². The number of aryl methyl sites for hydroxylation is 1. The van der Waals surface area contributed by atoms with E-state index in [2.05, 4.69) is 5.32 Å². The van der Waals surface area contributed by atoms with Crippen molar-refractivity contribution in [2.45, 2.75) is 31.9 Å². The van der Waals surface area contributed by atoms with E-state index in [1.54, 1.807) is 0 Å². The van der Waals surface area contributed by atoms with Crippen LogP contribution in [0.15, 0.2) is 42.6 Å². The Morgan fingerprint density at radius 2 is 2.22 bits per heavy atom. The summed E-state index contributed by atoms with van der Waals surface area (Å²) >= 11 is 0. The molecule has 5 heteroatoms. The molecule has 1 aromatic heterocycles. The summed E-state index contributed by atoms with van der Waals surface area (Å²) in [6, 6.07) is 11.8. The number of nitrogens with zero attached hydrogens (tertiary/aromatic N) is 1. The number of hydrogen-bond acceptors (Lipinski definition) is 3. The Balaban J connectivity index is 1.46. The number of amides is 1. The first-order valence-electron chi connectivity index (χ1n) is 7.96. The van der Waals surface area contributed by atoms with Gasteiger partial charge in [0.15, 0.2) is 0 Å². The first-order valence-corrected chi connectivity index (χ1v) is 7.96. The van der Waals surface area contributed by atoms with Crippen LogP contribution in [0.4, 0.5) is 0 Å². The fraction of sp³-hybridized carbons (Fsp3) is 0.389. The summed E-state index contributed by atoms with van der Waals surface area (Å²) in [5.74, 6) is 0.564. The molecule has 1 aliphatic rings. The van der Waals surface area contributed by atoms with E-state index in [4.69, 9.17) is 4.74 Å². The number of benzene rings is 1. The van der Waals surface area contributed by atoms with E-state index in [1.807, 2.05) is 54.1 Å². The van der Waals surface area contributed by atoms with Crippen molar-refractivity contribution in [3.8, 4) is 5.75 Å². The van der Waals surface area contributed by atoms with E-state index < -0.39 is 6.10 Å². The normalized spacial score (nSPS) is 15.2. The summed E-state index contributed by atoms with van der Waals surface area (Å²) in [6.45, 7) is 2.30. The number of carbonyl (C=O) groups excluding carboxylic acids is 1. The molecule has 3 rings (SSSR count). The molecule has 1 aliphatic carbocycles. The first kappa shape index (κ1) is 15.6. The van der Waals surface area contributed by atoms with Gasteiger partial charge < -0.3 is 19.7 Å². The number of aliphatic hydroxyl groups is 1. The first-order chi connectivity index (χ1) is 11.1. The zero-order valence-electron chi connectivity index (χ0n) is 13.2. The van der Waals surface area contributed by atoms with Crippen LogP contribution in [0, 0.1) is 6.92 Å².